The van der Waals surface area contributed by atoms with Crippen LogP contribution in [0.3, 0.4) is 0 Å². The molecule has 0 aliphatic heterocycles. The molecule has 1 heterocycles. The van der Waals surface area contributed by atoms with Crippen LogP contribution >= 0.6 is 12.8 Å². The highest BCUT2D eigenvalue weighted by atomic mass is 32.1. The topological polar surface area (TPSA) is 62.0 Å². The lowest BCUT2D eigenvalue weighted by molar-refractivity contribution is 0.570. The zero-order chi connectivity index (χ0) is 11.9. The van der Waals surface area contributed by atoms with Crippen LogP contribution in [0, 0.1) is 11.4 Å². The molecular formula is C10H9FN4S. The van der Waals surface area contributed by atoms with Gasteiger partial charge in [0.15, 0.2) is 0 Å². The fourth-order valence-corrected chi connectivity index (χ4v) is 1.87. The predicted octanol–water partition coefficient (Wildman–Crippen LogP) is 0.276. The first-order valence-corrected chi connectivity index (χ1v) is 4.98. The van der Waals surface area contributed by atoms with Crippen LogP contribution in [-0.2, 0) is 0 Å². The fraction of sp³-hybridized carbons (Fsp3) is 0.200. The van der Waals surface area contributed by atoms with Crippen molar-refractivity contribution >= 4 is 35.4 Å². The molecule has 0 bridgehead atoms. The van der Waals surface area contributed by atoms with Crippen molar-refractivity contribution in [3.8, 4) is 0 Å². The standard InChI is InChI=1S/C10H9FN4S/c1-4-7(12)8(15-16)5(2)9-10(4)14-6(11)3-13-9/h3,12,16H,1-2H3/b12-7?,15-8-. The van der Waals surface area contributed by atoms with E-state index in [4.69, 9.17) is 5.41 Å². The van der Waals surface area contributed by atoms with Gasteiger partial charge in [0.2, 0.25) is 5.95 Å². The van der Waals surface area contributed by atoms with Crippen molar-refractivity contribution in [3.63, 3.8) is 0 Å². The van der Waals surface area contributed by atoms with Crippen LogP contribution in [0.15, 0.2) is 10.6 Å². The van der Waals surface area contributed by atoms with Gasteiger partial charge in [-0.15, -0.1) is 0 Å². The highest BCUT2D eigenvalue weighted by molar-refractivity contribution is 7.79. The number of hydrogen-bond acceptors (Lipinski definition) is 5. The van der Waals surface area contributed by atoms with Crippen molar-refractivity contribution in [2.45, 2.75) is 13.8 Å². The molecule has 2 rings (SSSR count). The lowest BCUT2D eigenvalue weighted by Gasteiger charge is -2.12. The van der Waals surface area contributed by atoms with E-state index in [0.717, 1.165) is 6.20 Å². The molecule has 0 saturated heterocycles. The van der Waals surface area contributed by atoms with Gasteiger partial charge in [-0.1, -0.05) is 0 Å². The van der Waals surface area contributed by atoms with Crippen LogP contribution in [0.2, 0.25) is 0 Å². The van der Waals surface area contributed by atoms with Gasteiger partial charge in [-0.3, -0.25) is 5.41 Å². The van der Waals surface area contributed by atoms with Gasteiger partial charge in [-0.25, -0.2) is 14.4 Å². The minimum absolute atomic E-state index is 0.208. The van der Waals surface area contributed by atoms with Gasteiger partial charge in [0, 0.05) is 11.1 Å². The molecule has 0 unspecified atom stereocenters. The monoisotopic (exact) mass is 236 g/mol. The molecular weight excluding hydrogens is 227 g/mol. The smallest absolute Gasteiger partial charge is 0.231 e. The number of fused-ring (bicyclic) bond motifs is 1. The van der Waals surface area contributed by atoms with E-state index in [1.54, 1.807) is 13.8 Å². The summed E-state index contributed by atoms with van der Waals surface area (Å²) in [6, 6.07) is 0. The molecule has 0 saturated carbocycles. The van der Waals surface area contributed by atoms with Gasteiger partial charge in [0.25, 0.3) is 0 Å². The molecule has 0 spiro atoms. The quantitative estimate of drug-likeness (QED) is 0.635. The normalized spacial score (nSPS) is 18.0. The van der Waals surface area contributed by atoms with E-state index in [9.17, 15) is 4.39 Å². The third-order valence-electron chi connectivity index (χ3n) is 2.52. The van der Waals surface area contributed by atoms with Crippen LogP contribution in [0.4, 0.5) is 4.39 Å². The van der Waals surface area contributed by atoms with Crippen molar-refractivity contribution in [1.29, 1.82) is 5.41 Å². The lowest BCUT2D eigenvalue weighted by Crippen LogP contribution is -2.43. The molecule has 0 atom stereocenters. The number of aromatic nitrogens is 2. The first-order valence-electron chi connectivity index (χ1n) is 4.58. The number of hydrogen-bond donors (Lipinski definition) is 2. The molecule has 1 aliphatic rings. The Morgan fingerprint density at radius 2 is 2.00 bits per heavy atom. The molecule has 6 heteroatoms. The number of thiol groups is 1. The summed E-state index contributed by atoms with van der Waals surface area (Å²) in [4.78, 5) is 7.73. The number of halogens is 1. The molecule has 82 valence electrons. The van der Waals surface area contributed by atoms with Crippen molar-refractivity contribution in [1.82, 2.24) is 9.97 Å². The van der Waals surface area contributed by atoms with Crippen LogP contribution in [0.25, 0.3) is 11.1 Å². The maximum absolute atomic E-state index is 13.0. The highest BCUT2D eigenvalue weighted by Gasteiger charge is 2.19. The third kappa shape index (κ3) is 1.46. The van der Waals surface area contributed by atoms with Crippen LogP contribution in [0.1, 0.15) is 13.8 Å². The summed E-state index contributed by atoms with van der Waals surface area (Å²) in [6.07, 6.45) is 1.06. The molecule has 0 aromatic carbocycles. The summed E-state index contributed by atoms with van der Waals surface area (Å²) in [5.41, 5.74) is 1.91. The summed E-state index contributed by atoms with van der Waals surface area (Å²) in [5, 5.41) is 8.82. The Morgan fingerprint density at radius 1 is 1.31 bits per heavy atom. The maximum atomic E-state index is 13.0. The Labute approximate surface area is 96.7 Å². The van der Waals surface area contributed by atoms with Crippen molar-refractivity contribution in [2.75, 3.05) is 0 Å². The average Bonchev–Trinajstić information content (AvgIpc) is 2.27. The largest absolute Gasteiger partial charge is 0.298 e. The fourth-order valence-electron chi connectivity index (χ4n) is 1.62. The molecule has 0 fully saturated rings. The van der Waals surface area contributed by atoms with E-state index >= 15 is 0 Å². The Morgan fingerprint density at radius 3 is 2.62 bits per heavy atom. The van der Waals surface area contributed by atoms with Gasteiger partial charge < -0.3 is 0 Å². The van der Waals surface area contributed by atoms with E-state index in [0.29, 0.717) is 27.6 Å². The second-order valence-electron chi connectivity index (χ2n) is 3.46. The van der Waals surface area contributed by atoms with Gasteiger partial charge in [0.05, 0.1) is 22.6 Å². The summed E-state index contributed by atoms with van der Waals surface area (Å²) < 4.78 is 16.7. The van der Waals surface area contributed by atoms with E-state index in [2.05, 4.69) is 27.2 Å². The molecule has 1 N–H and O–H groups in total. The van der Waals surface area contributed by atoms with Gasteiger partial charge >= 0.3 is 0 Å². The Hall–Kier alpha value is -1.56. The molecule has 1 aliphatic carbocycles. The Balaban J connectivity index is 3.02. The van der Waals surface area contributed by atoms with E-state index < -0.39 is 5.95 Å². The first kappa shape index (κ1) is 10.9. The number of nitrogens with one attached hydrogen (secondary N) is 1. The van der Waals surface area contributed by atoms with Crippen LogP contribution < -0.4 is 10.7 Å². The van der Waals surface area contributed by atoms with Gasteiger partial charge in [-0.2, -0.15) is 4.39 Å². The van der Waals surface area contributed by atoms with E-state index in [1.165, 1.54) is 0 Å². The zero-order valence-corrected chi connectivity index (χ0v) is 9.64. The van der Waals surface area contributed by atoms with Gasteiger partial charge in [0.1, 0.15) is 5.71 Å². The van der Waals surface area contributed by atoms with Crippen LogP contribution in [-0.4, -0.2) is 21.4 Å². The van der Waals surface area contributed by atoms with E-state index in [-0.39, 0.29) is 5.71 Å². The first-order chi connectivity index (χ1) is 7.56. The summed E-state index contributed by atoms with van der Waals surface area (Å²) in [6.45, 7) is 3.46. The van der Waals surface area contributed by atoms with Crippen molar-refractivity contribution < 1.29 is 4.39 Å². The van der Waals surface area contributed by atoms with Crippen molar-refractivity contribution in [3.05, 3.63) is 22.8 Å². The molecule has 0 radical (unpaired) electrons. The summed E-state index contributed by atoms with van der Waals surface area (Å²) in [5.74, 6) is -0.648. The molecule has 0 amide bonds. The SMILES string of the molecule is CC1=c2nc(F)cnc2=C(C)/C(=N/S)C1=N. The van der Waals surface area contributed by atoms with Gasteiger partial charge in [-0.05, 0) is 26.7 Å². The number of nitrogens with zero attached hydrogens (tertiary/aromatic N) is 3. The number of rotatable bonds is 0. The summed E-state index contributed by atoms with van der Waals surface area (Å²) in [7, 11) is 0. The minimum atomic E-state index is -0.648. The highest BCUT2D eigenvalue weighted by Crippen LogP contribution is 2.08. The molecule has 4 nitrogen and oxygen atoms in total. The minimum Gasteiger partial charge on any atom is -0.298 e. The predicted molar refractivity (Wildman–Crippen MR) is 63.6 cm³/mol. The maximum Gasteiger partial charge on any atom is 0.231 e. The molecule has 16 heavy (non-hydrogen) atoms. The second-order valence-corrected chi connectivity index (χ2v) is 3.66. The second kappa shape index (κ2) is 3.79. The lowest BCUT2D eigenvalue weighted by atomic mass is 9.96. The zero-order valence-electron chi connectivity index (χ0n) is 8.74. The average molecular weight is 236 g/mol. The Kier molecular flexibility index (Phi) is 2.59. The Bertz CT molecular complexity index is 633. The van der Waals surface area contributed by atoms with Crippen molar-refractivity contribution in [2.24, 2.45) is 4.40 Å². The molecule has 1 aromatic rings. The van der Waals surface area contributed by atoms with E-state index in [1.807, 2.05) is 0 Å². The summed E-state index contributed by atoms with van der Waals surface area (Å²) >= 11 is 3.83. The van der Waals surface area contributed by atoms with Crippen LogP contribution in [0.5, 0.6) is 0 Å². The third-order valence-corrected chi connectivity index (χ3v) is 2.72. The molecule has 1 aromatic heterocycles.